The number of hydrogen-bond donors (Lipinski definition) is 2. The number of hydrogen-bond acceptors (Lipinski definition) is 7. The van der Waals surface area contributed by atoms with Crippen LogP contribution in [-0.4, -0.2) is 54.4 Å². The molecule has 8 nitrogen and oxygen atoms in total. The standard InChI is InChI=1S/C9H13N5O3/c1-5(15)17-3-2-14-4-11-6-7(14)12-9(10)13-8(6)16/h4,6-7H,2-3H2,1H3,(H3,10,12,13,16). The maximum absolute atomic E-state index is 11.5. The molecule has 0 bridgehead atoms. The van der Waals surface area contributed by atoms with Gasteiger partial charge in [-0.3, -0.25) is 19.9 Å². The largest absolute Gasteiger partial charge is 0.464 e. The number of guanidine groups is 1. The van der Waals surface area contributed by atoms with Gasteiger partial charge in [0.2, 0.25) is 0 Å². The number of carbonyl (C=O) groups is 2. The molecule has 2 aliphatic heterocycles. The maximum atomic E-state index is 11.5. The first-order valence-electron chi connectivity index (χ1n) is 5.14. The van der Waals surface area contributed by atoms with Crippen molar-refractivity contribution in [1.29, 1.82) is 0 Å². The fourth-order valence-electron chi connectivity index (χ4n) is 1.69. The predicted molar refractivity (Wildman–Crippen MR) is 59.2 cm³/mol. The number of nitrogens with one attached hydrogen (secondary N) is 1. The van der Waals surface area contributed by atoms with Crippen LogP contribution in [0.5, 0.6) is 0 Å². The number of aliphatic imine (C=N–C) groups is 2. The lowest BCUT2D eigenvalue weighted by atomic mass is 10.2. The van der Waals surface area contributed by atoms with E-state index in [0.717, 1.165) is 0 Å². The molecule has 3 N–H and O–H groups in total. The van der Waals surface area contributed by atoms with Gasteiger partial charge >= 0.3 is 5.97 Å². The van der Waals surface area contributed by atoms with E-state index in [0.29, 0.717) is 6.54 Å². The molecule has 1 amide bonds. The quantitative estimate of drug-likeness (QED) is 0.555. The molecule has 2 atom stereocenters. The topological polar surface area (TPSA) is 109 Å². The zero-order valence-corrected chi connectivity index (χ0v) is 9.29. The Hall–Kier alpha value is -2.12. The van der Waals surface area contributed by atoms with Crippen molar-refractivity contribution >= 4 is 24.2 Å². The average Bonchev–Trinajstić information content (AvgIpc) is 2.61. The zero-order chi connectivity index (χ0) is 12.4. The molecule has 0 aromatic carbocycles. The highest BCUT2D eigenvalue weighted by Gasteiger charge is 2.39. The Labute approximate surface area is 97.5 Å². The van der Waals surface area contributed by atoms with Crippen molar-refractivity contribution in [2.45, 2.75) is 19.1 Å². The highest BCUT2D eigenvalue weighted by molar-refractivity contribution is 6.02. The minimum Gasteiger partial charge on any atom is -0.464 e. The molecule has 0 radical (unpaired) electrons. The number of rotatable bonds is 3. The first-order chi connectivity index (χ1) is 8.08. The van der Waals surface area contributed by atoms with E-state index in [1.165, 1.54) is 13.3 Å². The fourth-order valence-corrected chi connectivity index (χ4v) is 1.69. The number of fused-ring (bicyclic) bond motifs is 1. The Morgan fingerprint density at radius 2 is 2.47 bits per heavy atom. The summed E-state index contributed by atoms with van der Waals surface area (Å²) in [6.45, 7) is 1.99. The molecule has 0 aliphatic carbocycles. The van der Waals surface area contributed by atoms with E-state index < -0.39 is 12.2 Å². The Morgan fingerprint density at radius 3 is 3.18 bits per heavy atom. The molecule has 0 aromatic rings. The number of amides is 1. The molecule has 0 fully saturated rings. The molecule has 2 aliphatic rings. The van der Waals surface area contributed by atoms with Gasteiger partial charge in [0.15, 0.2) is 18.2 Å². The second-order valence-corrected chi connectivity index (χ2v) is 3.70. The van der Waals surface area contributed by atoms with Gasteiger partial charge in [0.1, 0.15) is 6.61 Å². The van der Waals surface area contributed by atoms with Gasteiger partial charge in [0.25, 0.3) is 5.91 Å². The molecule has 0 spiro atoms. The molecule has 92 valence electrons. The summed E-state index contributed by atoms with van der Waals surface area (Å²) in [6.07, 6.45) is 1.10. The van der Waals surface area contributed by atoms with Crippen LogP contribution in [0.15, 0.2) is 9.98 Å². The van der Waals surface area contributed by atoms with Crippen molar-refractivity contribution in [3.8, 4) is 0 Å². The van der Waals surface area contributed by atoms with E-state index in [1.54, 1.807) is 4.90 Å². The van der Waals surface area contributed by atoms with Crippen LogP contribution in [0, 0.1) is 0 Å². The number of nitrogens with zero attached hydrogens (tertiary/aromatic N) is 3. The van der Waals surface area contributed by atoms with Gasteiger partial charge in [-0.15, -0.1) is 0 Å². The van der Waals surface area contributed by atoms with Crippen LogP contribution in [0.25, 0.3) is 0 Å². The molecule has 0 aromatic heterocycles. The van der Waals surface area contributed by atoms with Crippen molar-refractivity contribution in [2.75, 3.05) is 13.2 Å². The lowest BCUT2D eigenvalue weighted by Gasteiger charge is -2.27. The van der Waals surface area contributed by atoms with Gasteiger partial charge in [-0.2, -0.15) is 0 Å². The van der Waals surface area contributed by atoms with E-state index in [1.807, 2.05) is 0 Å². The van der Waals surface area contributed by atoms with Crippen molar-refractivity contribution in [1.82, 2.24) is 10.2 Å². The summed E-state index contributed by atoms with van der Waals surface area (Å²) in [7, 11) is 0. The van der Waals surface area contributed by atoms with Crippen molar-refractivity contribution < 1.29 is 14.3 Å². The zero-order valence-electron chi connectivity index (χ0n) is 9.29. The highest BCUT2D eigenvalue weighted by atomic mass is 16.5. The summed E-state index contributed by atoms with van der Waals surface area (Å²) in [6, 6.07) is -0.570. The Balaban J connectivity index is 1.97. The Kier molecular flexibility index (Phi) is 2.94. The number of nitrogens with two attached hydrogens (primary N) is 1. The van der Waals surface area contributed by atoms with Gasteiger partial charge in [-0.05, 0) is 0 Å². The van der Waals surface area contributed by atoms with Gasteiger partial charge in [0.05, 0.1) is 12.9 Å². The summed E-state index contributed by atoms with van der Waals surface area (Å²) < 4.78 is 4.81. The van der Waals surface area contributed by atoms with Crippen LogP contribution in [-0.2, 0) is 14.3 Å². The minimum absolute atomic E-state index is 0.0826. The van der Waals surface area contributed by atoms with Crippen LogP contribution in [0.2, 0.25) is 0 Å². The monoisotopic (exact) mass is 239 g/mol. The molecule has 17 heavy (non-hydrogen) atoms. The van der Waals surface area contributed by atoms with Crippen LogP contribution in [0.3, 0.4) is 0 Å². The number of esters is 1. The van der Waals surface area contributed by atoms with E-state index in [-0.39, 0.29) is 24.4 Å². The SMILES string of the molecule is CC(=O)OCCN1C=NC2C(=O)NC(N)=NC21. The lowest BCUT2D eigenvalue weighted by Crippen LogP contribution is -2.54. The van der Waals surface area contributed by atoms with Crippen LogP contribution < -0.4 is 11.1 Å². The predicted octanol–water partition coefficient (Wildman–Crippen LogP) is -1.97. The van der Waals surface area contributed by atoms with Gasteiger partial charge in [-0.1, -0.05) is 0 Å². The summed E-state index contributed by atoms with van der Waals surface area (Å²) in [5.74, 6) is -0.532. The molecular formula is C9H13N5O3. The van der Waals surface area contributed by atoms with E-state index >= 15 is 0 Å². The summed E-state index contributed by atoms with van der Waals surface area (Å²) in [5.41, 5.74) is 5.47. The molecule has 0 saturated carbocycles. The first kappa shape index (κ1) is 11.4. The Morgan fingerprint density at radius 1 is 1.71 bits per heavy atom. The Bertz CT molecular complexity index is 405. The lowest BCUT2D eigenvalue weighted by molar-refractivity contribution is -0.141. The average molecular weight is 239 g/mol. The van der Waals surface area contributed by atoms with E-state index in [4.69, 9.17) is 10.5 Å². The molecular weight excluding hydrogens is 226 g/mol. The third kappa shape index (κ3) is 2.35. The maximum Gasteiger partial charge on any atom is 0.302 e. The second kappa shape index (κ2) is 4.40. The summed E-state index contributed by atoms with van der Waals surface area (Å²) in [5, 5.41) is 2.41. The first-order valence-corrected chi connectivity index (χ1v) is 5.14. The minimum atomic E-state index is -0.570. The summed E-state index contributed by atoms with van der Waals surface area (Å²) >= 11 is 0. The molecule has 8 heteroatoms. The molecule has 2 heterocycles. The van der Waals surface area contributed by atoms with Crippen LogP contribution >= 0.6 is 0 Å². The number of ether oxygens (including phenoxy) is 1. The van der Waals surface area contributed by atoms with E-state index in [2.05, 4.69) is 15.3 Å². The second-order valence-electron chi connectivity index (χ2n) is 3.70. The van der Waals surface area contributed by atoms with Gasteiger partial charge in [-0.25, -0.2) is 4.99 Å². The third-order valence-electron chi connectivity index (χ3n) is 2.44. The smallest absolute Gasteiger partial charge is 0.302 e. The van der Waals surface area contributed by atoms with Crippen LogP contribution in [0.1, 0.15) is 6.92 Å². The van der Waals surface area contributed by atoms with Crippen molar-refractivity contribution in [3.63, 3.8) is 0 Å². The highest BCUT2D eigenvalue weighted by Crippen LogP contribution is 2.17. The third-order valence-corrected chi connectivity index (χ3v) is 2.44. The fraction of sp³-hybridized carbons (Fsp3) is 0.556. The molecule has 0 saturated heterocycles. The molecule has 2 unspecified atom stereocenters. The van der Waals surface area contributed by atoms with Crippen LogP contribution in [0.4, 0.5) is 0 Å². The number of carbonyl (C=O) groups excluding carboxylic acids is 2. The van der Waals surface area contributed by atoms with E-state index in [9.17, 15) is 9.59 Å². The normalized spacial score (nSPS) is 26.3. The van der Waals surface area contributed by atoms with Crippen molar-refractivity contribution in [2.24, 2.45) is 15.7 Å². The van der Waals surface area contributed by atoms with Gasteiger partial charge in [0, 0.05) is 6.92 Å². The van der Waals surface area contributed by atoms with Gasteiger partial charge < -0.3 is 15.4 Å². The molecule has 2 rings (SSSR count). The summed E-state index contributed by atoms with van der Waals surface area (Å²) in [4.78, 5) is 32.0. The van der Waals surface area contributed by atoms with Crippen molar-refractivity contribution in [3.05, 3.63) is 0 Å².